The van der Waals surface area contributed by atoms with Gasteiger partial charge in [0.05, 0.1) is 61.4 Å². The van der Waals surface area contributed by atoms with E-state index in [1.54, 1.807) is 43.0 Å². The van der Waals surface area contributed by atoms with Crippen molar-refractivity contribution in [1.29, 1.82) is 0 Å². The standard InChI is InChI=1S/C37H58N4O8/c1-30(48-29-47-23-18-37(4,5)49-27-35(43)25-36(2,3)44)24-33-26-41(40-39-33)28-46-21-9-7-6-8-20-45-22-17-32(16-19-38)11-10-31-12-14-34(42)15-13-31/h10-17,19,22,26,30,35,38,42-44H,6-9,18,20-21,23-25,27-29H2,1-5H3/p+1/b11-10+,22-17-,32-16-,38-19?. The molecule has 0 amide bonds. The van der Waals surface area contributed by atoms with E-state index in [2.05, 4.69) is 10.3 Å². The predicted octanol–water partition coefficient (Wildman–Crippen LogP) is 4.15. The number of ether oxygens (including phenoxy) is 5. The molecule has 2 rings (SSSR count). The van der Waals surface area contributed by atoms with Crippen LogP contribution in [0.1, 0.15) is 84.4 Å². The molecule has 0 aliphatic rings. The Labute approximate surface area is 291 Å². The second-order valence-corrected chi connectivity index (χ2v) is 13.4. The smallest absolute Gasteiger partial charge is 0.160 e. The highest BCUT2D eigenvalue weighted by atomic mass is 16.7. The molecule has 0 saturated carbocycles. The molecule has 0 radical (unpaired) electrons. The second kappa shape index (κ2) is 23.1. The van der Waals surface area contributed by atoms with Crippen LogP contribution in [-0.4, -0.2) is 93.2 Å². The lowest BCUT2D eigenvalue weighted by molar-refractivity contribution is -0.114. The summed E-state index contributed by atoms with van der Waals surface area (Å²) >= 11 is 0. The lowest BCUT2D eigenvalue weighted by atomic mass is 10.0. The summed E-state index contributed by atoms with van der Waals surface area (Å²) in [4.78, 5) is 0. The van der Waals surface area contributed by atoms with Crippen LogP contribution in [-0.2, 0) is 36.8 Å². The molecule has 1 aromatic heterocycles. The van der Waals surface area contributed by atoms with Gasteiger partial charge in [0.1, 0.15) is 19.3 Å². The molecular formula is C37H59N4O8+. The molecule has 2 aromatic rings. The normalized spacial score (nSPS) is 14.1. The Balaban J connectivity index is 1.48. The monoisotopic (exact) mass is 687 g/mol. The highest BCUT2D eigenvalue weighted by Gasteiger charge is 2.23. The van der Waals surface area contributed by atoms with Gasteiger partial charge in [-0.3, -0.25) is 5.41 Å². The molecule has 274 valence electrons. The van der Waals surface area contributed by atoms with Gasteiger partial charge >= 0.3 is 0 Å². The Morgan fingerprint density at radius 3 is 2.45 bits per heavy atom. The van der Waals surface area contributed by atoms with Crippen LogP contribution in [0.25, 0.3) is 6.08 Å². The zero-order valence-corrected chi connectivity index (χ0v) is 30.0. The van der Waals surface area contributed by atoms with E-state index in [4.69, 9.17) is 29.1 Å². The Morgan fingerprint density at radius 2 is 1.73 bits per heavy atom. The number of aromatic nitrogens is 3. The zero-order valence-electron chi connectivity index (χ0n) is 30.0. The summed E-state index contributed by atoms with van der Waals surface area (Å²) in [6, 6.07) is 6.97. The summed E-state index contributed by atoms with van der Waals surface area (Å²) in [5.41, 5.74) is 1.29. The van der Waals surface area contributed by atoms with Gasteiger partial charge in [-0.15, -0.1) is 5.10 Å². The van der Waals surface area contributed by atoms with Crippen molar-refractivity contribution in [3.8, 4) is 5.75 Å². The molecule has 12 heteroatoms. The molecular weight excluding hydrogens is 628 g/mol. The van der Waals surface area contributed by atoms with Gasteiger partial charge in [0, 0.05) is 25.5 Å². The van der Waals surface area contributed by atoms with Crippen LogP contribution in [0.3, 0.4) is 0 Å². The lowest BCUT2D eigenvalue weighted by Gasteiger charge is -2.28. The first-order valence-electron chi connectivity index (χ1n) is 17.1. The number of allylic oxidation sites excluding steroid dienone is 4. The van der Waals surface area contributed by atoms with E-state index in [1.807, 2.05) is 57.3 Å². The lowest BCUT2D eigenvalue weighted by Crippen LogP contribution is -2.34. The van der Waals surface area contributed by atoms with Crippen molar-refractivity contribution in [1.82, 2.24) is 15.0 Å². The number of aliphatic hydroxyl groups is 2. The van der Waals surface area contributed by atoms with Crippen molar-refractivity contribution in [2.45, 2.75) is 110 Å². The summed E-state index contributed by atoms with van der Waals surface area (Å²) in [7, 11) is 0. The molecule has 0 fully saturated rings. The molecule has 12 nitrogen and oxygen atoms in total. The van der Waals surface area contributed by atoms with Crippen LogP contribution < -0.4 is 5.41 Å². The van der Waals surface area contributed by atoms with Gasteiger partial charge in [-0.05, 0) is 89.6 Å². The first-order chi connectivity index (χ1) is 23.3. The molecule has 1 heterocycles. The Bertz CT molecular complexity index is 1270. The van der Waals surface area contributed by atoms with Gasteiger partial charge in [-0.2, -0.15) is 0 Å². The molecule has 2 unspecified atom stereocenters. The van der Waals surface area contributed by atoms with Crippen molar-refractivity contribution >= 4 is 12.3 Å². The largest absolute Gasteiger partial charge is 0.508 e. The van der Waals surface area contributed by atoms with Crippen molar-refractivity contribution in [3.05, 3.63) is 71.8 Å². The third kappa shape index (κ3) is 21.3. The van der Waals surface area contributed by atoms with E-state index >= 15 is 0 Å². The molecule has 0 aliphatic carbocycles. The number of phenolic OH excluding ortho intramolecular Hbond substituents is 1. The number of nitrogens with two attached hydrogens (primary N) is 1. The van der Waals surface area contributed by atoms with Gasteiger partial charge in [0.2, 0.25) is 0 Å². The fraction of sp³-hybridized carbons (Fsp3) is 0.595. The Morgan fingerprint density at radius 1 is 1.00 bits per heavy atom. The van der Waals surface area contributed by atoms with E-state index in [1.165, 1.54) is 6.21 Å². The van der Waals surface area contributed by atoms with Crippen LogP contribution in [0, 0.1) is 0 Å². The van der Waals surface area contributed by atoms with Crippen LogP contribution in [0.15, 0.2) is 60.5 Å². The first kappa shape index (κ1) is 41.8. The minimum absolute atomic E-state index is 0.0943. The van der Waals surface area contributed by atoms with Gasteiger partial charge in [-0.25, -0.2) is 4.68 Å². The molecule has 0 saturated heterocycles. The number of aliphatic hydroxyl groups excluding tert-OH is 1. The third-order valence-corrected chi connectivity index (χ3v) is 7.30. The minimum Gasteiger partial charge on any atom is -0.508 e. The Hall–Kier alpha value is -3.39. The highest BCUT2D eigenvalue weighted by Crippen LogP contribution is 2.18. The van der Waals surface area contributed by atoms with Crippen LogP contribution in [0.5, 0.6) is 5.75 Å². The maximum absolute atomic E-state index is 10.0. The number of phenols is 1. The predicted molar refractivity (Wildman–Crippen MR) is 189 cm³/mol. The first-order valence-corrected chi connectivity index (χ1v) is 17.1. The van der Waals surface area contributed by atoms with E-state index in [0.29, 0.717) is 39.4 Å². The summed E-state index contributed by atoms with van der Waals surface area (Å²) in [5, 5.41) is 43.2. The van der Waals surface area contributed by atoms with Crippen molar-refractivity contribution in [2.24, 2.45) is 0 Å². The summed E-state index contributed by atoms with van der Waals surface area (Å²) in [6.07, 6.45) is 17.3. The summed E-state index contributed by atoms with van der Waals surface area (Å²) in [5.74, 6) is 0.237. The molecule has 0 spiro atoms. The van der Waals surface area contributed by atoms with Crippen LogP contribution in [0.2, 0.25) is 0 Å². The second-order valence-electron chi connectivity index (χ2n) is 13.4. The molecule has 1 aromatic carbocycles. The number of aromatic hydroxyl groups is 1. The number of nitrogens with zero attached hydrogens (tertiary/aromatic N) is 3. The van der Waals surface area contributed by atoms with Crippen LogP contribution >= 0.6 is 0 Å². The fourth-order valence-electron chi connectivity index (χ4n) is 4.57. The quantitative estimate of drug-likeness (QED) is 0.0353. The summed E-state index contributed by atoms with van der Waals surface area (Å²) < 4.78 is 30.3. The number of hydrogen-bond donors (Lipinski definition) is 4. The minimum atomic E-state index is -0.936. The molecule has 0 bridgehead atoms. The molecule has 49 heavy (non-hydrogen) atoms. The van der Waals surface area contributed by atoms with E-state index in [0.717, 1.165) is 42.5 Å². The topological polar surface area (TPSA) is 163 Å². The summed E-state index contributed by atoms with van der Waals surface area (Å²) in [6.45, 7) is 11.6. The number of rotatable bonds is 27. The van der Waals surface area contributed by atoms with E-state index in [-0.39, 0.29) is 31.7 Å². The highest BCUT2D eigenvalue weighted by molar-refractivity contribution is 5.70. The van der Waals surface area contributed by atoms with Gasteiger partial charge in [0.25, 0.3) is 0 Å². The Kier molecular flexibility index (Phi) is 19.7. The zero-order chi connectivity index (χ0) is 36.0. The average molecular weight is 688 g/mol. The maximum atomic E-state index is 10.0. The number of benzene rings is 1. The van der Waals surface area contributed by atoms with E-state index < -0.39 is 17.3 Å². The van der Waals surface area contributed by atoms with E-state index in [9.17, 15) is 15.3 Å². The van der Waals surface area contributed by atoms with Gasteiger partial charge in [-0.1, -0.05) is 35.9 Å². The fourth-order valence-corrected chi connectivity index (χ4v) is 4.57. The molecule has 2 atom stereocenters. The van der Waals surface area contributed by atoms with Crippen molar-refractivity contribution in [3.63, 3.8) is 0 Å². The number of unbranched alkanes of at least 4 members (excludes halogenated alkanes) is 3. The van der Waals surface area contributed by atoms with Gasteiger partial charge < -0.3 is 39.0 Å². The van der Waals surface area contributed by atoms with Crippen molar-refractivity contribution < 1.29 is 44.4 Å². The van der Waals surface area contributed by atoms with Gasteiger partial charge in [0.15, 0.2) is 6.21 Å². The van der Waals surface area contributed by atoms with Crippen molar-refractivity contribution in [2.75, 3.05) is 33.2 Å². The van der Waals surface area contributed by atoms with Crippen LogP contribution in [0.4, 0.5) is 0 Å². The molecule has 0 aliphatic heterocycles. The average Bonchev–Trinajstić information content (AvgIpc) is 3.48. The molecule has 5 N–H and O–H groups in total. The number of hydrogen-bond acceptors (Lipinski definition) is 10. The maximum Gasteiger partial charge on any atom is 0.160 e. The third-order valence-electron chi connectivity index (χ3n) is 7.30. The SMILES string of the molecule is CC(Cc1cn(COCCCCCCO\C=C/C(=C\C=[NH2+])/C=C/c2ccc(O)cc2)nn1)OCOCCC(C)(C)OCC(O)CC(C)(C)O.